The number of carbonyl (C=O) groups excluding carboxylic acids is 1. The number of nitrogens with one attached hydrogen (secondary N) is 3. The minimum atomic E-state index is -4.75. The number of benzene rings is 2. The molecule has 1 unspecified atom stereocenters. The van der Waals surface area contributed by atoms with Gasteiger partial charge in [-0.1, -0.05) is 13.0 Å². The molecule has 0 spiro atoms. The van der Waals surface area contributed by atoms with Crippen LogP contribution in [0.4, 0.5) is 27.6 Å². The molecule has 2 aromatic carbocycles. The molecule has 0 aliphatic heterocycles. The molecule has 3 rings (SSSR count). The van der Waals surface area contributed by atoms with Gasteiger partial charge in [-0.05, 0) is 50.5 Å². The number of carboxylic acid groups (broad SMARTS) is 1. The number of hydrogen-bond donors (Lipinski definition) is 4. The van der Waals surface area contributed by atoms with Gasteiger partial charge in [0.1, 0.15) is 11.6 Å². The Kier molecular flexibility index (Phi) is 7.51. The van der Waals surface area contributed by atoms with E-state index in [1.165, 1.54) is 6.20 Å². The number of allylic oxidation sites excluding steroid dienone is 1. The Labute approximate surface area is 203 Å². The number of amides is 1. The highest BCUT2D eigenvalue weighted by atomic mass is 19.4. The zero-order valence-corrected chi connectivity index (χ0v) is 19.4. The Morgan fingerprint density at radius 1 is 1.17 bits per heavy atom. The fourth-order valence-electron chi connectivity index (χ4n) is 3.75. The van der Waals surface area contributed by atoms with Crippen molar-refractivity contribution in [3.63, 3.8) is 0 Å². The monoisotopic (exact) mass is 509 g/mol. The van der Waals surface area contributed by atoms with Gasteiger partial charge in [-0.2, -0.15) is 13.2 Å². The van der Waals surface area contributed by atoms with Crippen molar-refractivity contribution >= 4 is 29.4 Å². The Morgan fingerprint density at radius 2 is 1.83 bits per heavy atom. The van der Waals surface area contributed by atoms with E-state index in [9.17, 15) is 32.3 Å². The average molecular weight is 509 g/mol. The zero-order chi connectivity index (χ0) is 26.8. The highest BCUT2D eigenvalue weighted by Crippen LogP contribution is 2.50. The van der Waals surface area contributed by atoms with Gasteiger partial charge in [0.2, 0.25) is 5.91 Å². The third-order valence-corrected chi connectivity index (χ3v) is 6.16. The van der Waals surface area contributed by atoms with Crippen molar-refractivity contribution in [2.24, 2.45) is 0 Å². The van der Waals surface area contributed by atoms with Gasteiger partial charge in [0.15, 0.2) is 0 Å². The quantitative estimate of drug-likeness (QED) is 0.256. The van der Waals surface area contributed by atoms with Crippen LogP contribution in [0.3, 0.4) is 0 Å². The van der Waals surface area contributed by atoms with Crippen molar-refractivity contribution in [1.29, 1.82) is 5.41 Å². The summed E-state index contributed by atoms with van der Waals surface area (Å²) in [7, 11) is 0. The van der Waals surface area contributed by atoms with E-state index in [0.29, 0.717) is 12.1 Å². The summed E-state index contributed by atoms with van der Waals surface area (Å²) in [5, 5.41) is 22.6. The Bertz CT molecular complexity index is 1240. The van der Waals surface area contributed by atoms with E-state index in [-0.39, 0.29) is 41.3 Å². The van der Waals surface area contributed by atoms with Crippen molar-refractivity contribution in [2.75, 3.05) is 5.32 Å². The molecule has 192 valence electrons. The largest absolute Gasteiger partial charge is 0.478 e. The van der Waals surface area contributed by atoms with Crippen molar-refractivity contribution in [3.05, 3.63) is 70.4 Å². The van der Waals surface area contributed by atoms with Crippen molar-refractivity contribution in [2.45, 2.75) is 50.7 Å². The van der Waals surface area contributed by atoms with E-state index < -0.39 is 46.2 Å². The van der Waals surface area contributed by atoms with Crippen LogP contribution >= 0.6 is 0 Å². The molecule has 0 saturated heterocycles. The molecule has 0 radical (unpaired) electrons. The van der Waals surface area contributed by atoms with Crippen molar-refractivity contribution in [3.8, 4) is 0 Å². The number of halogens is 5. The van der Waals surface area contributed by atoms with Crippen LogP contribution in [0.1, 0.15) is 60.2 Å². The lowest BCUT2D eigenvalue weighted by Crippen LogP contribution is -2.29. The van der Waals surface area contributed by atoms with Gasteiger partial charge < -0.3 is 21.1 Å². The first-order valence-corrected chi connectivity index (χ1v) is 11.1. The van der Waals surface area contributed by atoms with Crippen molar-refractivity contribution < 1.29 is 36.6 Å². The number of carbonyl (C=O) groups is 2. The van der Waals surface area contributed by atoms with Gasteiger partial charge in [0.25, 0.3) is 0 Å². The molecule has 0 heterocycles. The number of rotatable bonds is 9. The molecule has 1 aliphatic rings. The van der Waals surface area contributed by atoms with E-state index in [4.69, 9.17) is 5.41 Å². The predicted octanol–water partition coefficient (Wildman–Crippen LogP) is 5.73. The van der Waals surface area contributed by atoms with Gasteiger partial charge >= 0.3 is 12.1 Å². The summed E-state index contributed by atoms with van der Waals surface area (Å²) in [6.07, 6.45) is -1.60. The highest BCUT2D eigenvalue weighted by molar-refractivity contribution is 6.13. The zero-order valence-electron chi connectivity index (χ0n) is 19.4. The third kappa shape index (κ3) is 5.39. The van der Waals surface area contributed by atoms with E-state index >= 15 is 4.39 Å². The van der Waals surface area contributed by atoms with E-state index in [2.05, 4.69) is 10.6 Å². The standard InChI is InChI=1S/C25H24F5N3O3/c1-3-13(2)32-12-14(11-31)21-17(22(34)35)9-16(10-20(21)27)33-23(36)24(6-7-24)18-5-4-15(8-19(18)26)25(28,29)30/h4-5,8-13,31-32H,3,6-7H2,1-2H3,(H,33,36)(H,34,35)/b14-12+,31-11?. The molecule has 2 aromatic rings. The van der Waals surface area contributed by atoms with Crippen LogP contribution in [0.25, 0.3) is 5.57 Å². The molecule has 1 aliphatic carbocycles. The number of hydrogen-bond acceptors (Lipinski definition) is 4. The van der Waals surface area contributed by atoms with Gasteiger partial charge in [0, 0.05) is 40.8 Å². The fourth-order valence-corrected chi connectivity index (χ4v) is 3.75. The van der Waals surface area contributed by atoms with Gasteiger partial charge in [-0.15, -0.1) is 0 Å². The molecule has 0 aromatic heterocycles. The lowest BCUT2D eigenvalue weighted by atomic mass is 9.92. The molecular weight excluding hydrogens is 485 g/mol. The summed E-state index contributed by atoms with van der Waals surface area (Å²) >= 11 is 0. The second-order valence-corrected chi connectivity index (χ2v) is 8.63. The number of anilines is 1. The van der Waals surface area contributed by atoms with Crippen LogP contribution in [0.2, 0.25) is 0 Å². The van der Waals surface area contributed by atoms with Crippen LogP contribution in [0.15, 0.2) is 36.5 Å². The SMILES string of the molecule is CCC(C)N/C=C(\C=N)c1c(F)cc(NC(=O)C2(c3ccc(C(F)(F)F)cc3F)CC2)cc1C(=O)O. The molecular formula is C25H24F5N3O3. The summed E-state index contributed by atoms with van der Waals surface area (Å²) in [6, 6.07) is 3.77. The summed E-state index contributed by atoms with van der Waals surface area (Å²) in [5.41, 5.74) is -4.01. The Hall–Kier alpha value is -3.76. The van der Waals surface area contributed by atoms with E-state index in [1.54, 1.807) is 0 Å². The summed E-state index contributed by atoms with van der Waals surface area (Å²) < 4.78 is 68.2. The molecule has 1 amide bonds. The lowest BCUT2D eigenvalue weighted by Gasteiger charge is -2.19. The number of carboxylic acids is 1. The maximum absolute atomic E-state index is 15.1. The average Bonchev–Trinajstić information content (AvgIpc) is 3.61. The molecule has 6 nitrogen and oxygen atoms in total. The fraction of sp³-hybridized carbons (Fsp3) is 0.320. The Balaban J connectivity index is 1.94. The molecule has 4 N–H and O–H groups in total. The molecule has 1 atom stereocenters. The lowest BCUT2D eigenvalue weighted by molar-refractivity contribution is -0.137. The highest BCUT2D eigenvalue weighted by Gasteiger charge is 2.53. The first kappa shape index (κ1) is 26.8. The number of alkyl halides is 3. The van der Waals surface area contributed by atoms with Crippen LogP contribution in [0, 0.1) is 17.0 Å². The summed E-state index contributed by atoms with van der Waals surface area (Å²) in [4.78, 5) is 24.9. The van der Waals surface area contributed by atoms with Gasteiger partial charge in [0.05, 0.1) is 16.5 Å². The maximum Gasteiger partial charge on any atom is 0.416 e. The van der Waals surface area contributed by atoms with Crippen molar-refractivity contribution in [1.82, 2.24) is 5.32 Å². The van der Waals surface area contributed by atoms with Crippen LogP contribution in [0.5, 0.6) is 0 Å². The minimum absolute atomic E-state index is 0.0184. The van der Waals surface area contributed by atoms with Gasteiger partial charge in [-0.25, -0.2) is 13.6 Å². The topological polar surface area (TPSA) is 102 Å². The molecule has 11 heteroatoms. The number of aromatic carboxylic acids is 1. The van der Waals surface area contributed by atoms with Crippen LogP contribution in [-0.2, 0) is 16.4 Å². The van der Waals surface area contributed by atoms with E-state index in [1.807, 2.05) is 13.8 Å². The smallest absolute Gasteiger partial charge is 0.416 e. The molecule has 0 bridgehead atoms. The first-order chi connectivity index (χ1) is 16.8. The normalized spacial score (nSPS) is 15.7. The third-order valence-electron chi connectivity index (χ3n) is 6.16. The molecule has 1 fully saturated rings. The molecule has 1 saturated carbocycles. The maximum atomic E-state index is 15.1. The van der Waals surface area contributed by atoms with Crippen LogP contribution < -0.4 is 10.6 Å². The van der Waals surface area contributed by atoms with E-state index in [0.717, 1.165) is 30.8 Å². The summed E-state index contributed by atoms with van der Waals surface area (Å²) in [5.74, 6) is -4.52. The molecule has 36 heavy (non-hydrogen) atoms. The minimum Gasteiger partial charge on any atom is -0.478 e. The second-order valence-electron chi connectivity index (χ2n) is 8.63. The predicted molar refractivity (Wildman–Crippen MR) is 124 cm³/mol. The summed E-state index contributed by atoms with van der Waals surface area (Å²) in [6.45, 7) is 3.75. The van der Waals surface area contributed by atoms with Gasteiger partial charge in [-0.3, -0.25) is 4.79 Å². The second kappa shape index (κ2) is 10.1. The first-order valence-electron chi connectivity index (χ1n) is 11.1. The van der Waals surface area contributed by atoms with Crippen LogP contribution in [-0.4, -0.2) is 29.2 Å². The Morgan fingerprint density at radius 3 is 2.33 bits per heavy atom.